The summed E-state index contributed by atoms with van der Waals surface area (Å²) in [5, 5.41) is 7.39. The molecule has 3 N–H and O–H groups in total. The lowest BCUT2D eigenvalue weighted by molar-refractivity contribution is 0.0895. The van der Waals surface area contributed by atoms with Gasteiger partial charge < -0.3 is 5.73 Å². The molecule has 1 fully saturated rings. The molecular formula is C15H28N4. The van der Waals surface area contributed by atoms with Gasteiger partial charge in [-0.05, 0) is 11.8 Å². The van der Waals surface area contributed by atoms with Crippen molar-refractivity contribution in [2.24, 2.45) is 11.1 Å². The number of H-pyrrole nitrogens is 1. The van der Waals surface area contributed by atoms with Crippen molar-refractivity contribution in [1.82, 2.24) is 15.1 Å². The molecule has 1 saturated heterocycles. The minimum Gasteiger partial charge on any atom is -0.327 e. The van der Waals surface area contributed by atoms with Crippen LogP contribution in [0, 0.1) is 5.41 Å². The number of hydrogen-bond acceptors (Lipinski definition) is 3. The molecule has 0 spiro atoms. The van der Waals surface area contributed by atoms with Crippen LogP contribution in [-0.2, 0) is 12.0 Å². The van der Waals surface area contributed by atoms with E-state index < -0.39 is 0 Å². The summed E-state index contributed by atoms with van der Waals surface area (Å²) in [6.07, 6.45) is 3.05. The van der Waals surface area contributed by atoms with Crippen LogP contribution in [0.25, 0.3) is 0 Å². The van der Waals surface area contributed by atoms with E-state index in [1.165, 1.54) is 11.3 Å². The minimum atomic E-state index is 0.119. The molecule has 1 atom stereocenters. The smallest absolute Gasteiger partial charge is 0.0535 e. The molecule has 1 aromatic rings. The van der Waals surface area contributed by atoms with E-state index in [9.17, 15) is 0 Å². The number of likely N-dealkylation sites (tertiary alicyclic amines) is 1. The van der Waals surface area contributed by atoms with Gasteiger partial charge in [0, 0.05) is 42.3 Å². The third-order valence-electron chi connectivity index (χ3n) is 4.25. The number of piperidine rings is 1. The van der Waals surface area contributed by atoms with Gasteiger partial charge in [0.2, 0.25) is 0 Å². The highest BCUT2D eigenvalue weighted by atomic mass is 15.2. The van der Waals surface area contributed by atoms with Gasteiger partial charge in [-0.25, -0.2) is 0 Å². The van der Waals surface area contributed by atoms with Gasteiger partial charge in [0.25, 0.3) is 0 Å². The van der Waals surface area contributed by atoms with Crippen molar-refractivity contribution in [3.8, 4) is 0 Å². The van der Waals surface area contributed by atoms with E-state index in [0.29, 0.717) is 6.04 Å². The first kappa shape index (κ1) is 14.5. The Kier molecular flexibility index (Phi) is 3.76. The summed E-state index contributed by atoms with van der Waals surface area (Å²) in [4.78, 5) is 2.50. The fraction of sp³-hybridized carbons (Fsp3) is 0.800. The fourth-order valence-corrected chi connectivity index (χ4v) is 2.94. The van der Waals surface area contributed by atoms with Crippen LogP contribution < -0.4 is 5.73 Å². The van der Waals surface area contributed by atoms with Crippen LogP contribution in [0.5, 0.6) is 0 Å². The zero-order chi connectivity index (χ0) is 14.3. The van der Waals surface area contributed by atoms with Crippen LogP contribution in [0.2, 0.25) is 0 Å². The Morgan fingerprint density at radius 2 is 2.16 bits per heavy atom. The molecule has 4 nitrogen and oxygen atoms in total. The van der Waals surface area contributed by atoms with Crippen LogP contribution in [-0.4, -0.2) is 34.2 Å². The summed E-state index contributed by atoms with van der Waals surface area (Å²) in [5.74, 6) is 0. The molecule has 19 heavy (non-hydrogen) atoms. The Morgan fingerprint density at radius 1 is 1.47 bits per heavy atom. The van der Waals surface area contributed by atoms with Crippen LogP contribution in [0.3, 0.4) is 0 Å². The summed E-state index contributed by atoms with van der Waals surface area (Å²) in [6.45, 7) is 14.3. The van der Waals surface area contributed by atoms with Crippen molar-refractivity contribution < 1.29 is 0 Å². The lowest BCUT2D eigenvalue weighted by Gasteiger charge is -2.42. The summed E-state index contributed by atoms with van der Waals surface area (Å²) in [7, 11) is 0. The highest BCUT2D eigenvalue weighted by Crippen LogP contribution is 2.30. The topological polar surface area (TPSA) is 57.9 Å². The maximum Gasteiger partial charge on any atom is 0.0535 e. The van der Waals surface area contributed by atoms with Crippen molar-refractivity contribution in [2.75, 3.05) is 13.1 Å². The van der Waals surface area contributed by atoms with Gasteiger partial charge in [-0.2, -0.15) is 5.10 Å². The Morgan fingerprint density at radius 3 is 2.74 bits per heavy atom. The minimum absolute atomic E-state index is 0.119. The molecule has 0 aliphatic carbocycles. The highest BCUT2D eigenvalue weighted by molar-refractivity contribution is 5.23. The van der Waals surface area contributed by atoms with Gasteiger partial charge in [0.05, 0.1) is 6.20 Å². The third kappa shape index (κ3) is 3.18. The first-order valence-corrected chi connectivity index (χ1v) is 7.21. The average molecular weight is 264 g/mol. The molecule has 0 amide bonds. The Balaban J connectivity index is 2.09. The average Bonchev–Trinajstić information content (AvgIpc) is 2.71. The van der Waals surface area contributed by atoms with E-state index in [2.05, 4.69) is 49.7 Å². The van der Waals surface area contributed by atoms with Gasteiger partial charge in [-0.15, -0.1) is 0 Å². The zero-order valence-electron chi connectivity index (χ0n) is 13.0. The predicted molar refractivity (Wildman–Crippen MR) is 78.9 cm³/mol. The van der Waals surface area contributed by atoms with E-state index in [-0.39, 0.29) is 10.8 Å². The number of nitrogens with one attached hydrogen (secondary N) is 1. The van der Waals surface area contributed by atoms with Gasteiger partial charge in [0.1, 0.15) is 0 Å². The van der Waals surface area contributed by atoms with Crippen LogP contribution in [0.1, 0.15) is 52.3 Å². The number of aromatic nitrogens is 2. The predicted octanol–water partition coefficient (Wildman–Crippen LogP) is 2.27. The lowest BCUT2D eigenvalue weighted by Crippen LogP contribution is -2.52. The van der Waals surface area contributed by atoms with Crippen molar-refractivity contribution in [3.63, 3.8) is 0 Å². The second-order valence-corrected chi connectivity index (χ2v) is 7.61. The number of hydrogen-bond donors (Lipinski definition) is 2. The van der Waals surface area contributed by atoms with Gasteiger partial charge in [0.15, 0.2) is 0 Å². The molecule has 0 saturated carbocycles. The second kappa shape index (κ2) is 4.91. The number of aromatic amines is 1. The van der Waals surface area contributed by atoms with Gasteiger partial charge in [-0.1, -0.05) is 34.6 Å². The zero-order valence-corrected chi connectivity index (χ0v) is 13.0. The van der Waals surface area contributed by atoms with E-state index in [1.807, 2.05) is 6.20 Å². The molecular weight excluding hydrogens is 236 g/mol. The molecule has 1 unspecified atom stereocenters. The Bertz CT molecular complexity index is 428. The molecule has 0 radical (unpaired) electrons. The summed E-state index contributed by atoms with van der Waals surface area (Å²) in [5.41, 5.74) is 9.09. The van der Waals surface area contributed by atoms with E-state index in [4.69, 9.17) is 5.73 Å². The van der Waals surface area contributed by atoms with E-state index in [1.54, 1.807) is 0 Å². The monoisotopic (exact) mass is 264 g/mol. The number of rotatable bonds is 2. The molecule has 1 aliphatic rings. The lowest BCUT2D eigenvalue weighted by atomic mass is 9.79. The van der Waals surface area contributed by atoms with Crippen molar-refractivity contribution in [3.05, 3.63) is 17.5 Å². The van der Waals surface area contributed by atoms with Crippen LogP contribution in [0.15, 0.2) is 6.20 Å². The van der Waals surface area contributed by atoms with Crippen LogP contribution >= 0.6 is 0 Å². The molecule has 1 aliphatic heterocycles. The number of nitrogens with zero attached hydrogens (tertiary/aromatic N) is 2. The summed E-state index contributed by atoms with van der Waals surface area (Å²) in [6, 6.07) is 0.315. The highest BCUT2D eigenvalue weighted by Gasteiger charge is 2.34. The second-order valence-electron chi connectivity index (χ2n) is 7.61. The third-order valence-corrected chi connectivity index (χ3v) is 4.25. The maximum absolute atomic E-state index is 6.20. The fourth-order valence-electron chi connectivity index (χ4n) is 2.94. The van der Waals surface area contributed by atoms with Crippen LogP contribution in [0.4, 0.5) is 0 Å². The Hall–Kier alpha value is -0.870. The number of nitrogens with two attached hydrogens (primary N) is 1. The molecule has 2 rings (SSSR count). The van der Waals surface area contributed by atoms with Crippen molar-refractivity contribution in [1.29, 1.82) is 0 Å². The van der Waals surface area contributed by atoms with Gasteiger partial charge in [-0.3, -0.25) is 10.00 Å². The summed E-state index contributed by atoms with van der Waals surface area (Å²) >= 11 is 0. The largest absolute Gasteiger partial charge is 0.327 e. The first-order valence-electron chi connectivity index (χ1n) is 7.21. The SMILES string of the molecule is CC(C)(C)c1[nH]ncc1CN1CCC(N)C(C)(C)C1. The molecule has 108 valence electrons. The normalized spacial score (nSPS) is 24.6. The van der Waals surface area contributed by atoms with E-state index >= 15 is 0 Å². The molecule has 4 heteroatoms. The van der Waals surface area contributed by atoms with Crippen molar-refractivity contribution in [2.45, 2.75) is 59.0 Å². The molecule has 0 bridgehead atoms. The first-order chi connectivity index (χ1) is 8.70. The standard InChI is InChI=1S/C15H28N4/c1-14(2,3)13-11(8-17-18-13)9-19-7-6-12(16)15(4,5)10-19/h8,12H,6-7,9-10,16H2,1-5H3,(H,17,18). The van der Waals surface area contributed by atoms with Crippen molar-refractivity contribution >= 4 is 0 Å². The molecule has 1 aromatic heterocycles. The maximum atomic E-state index is 6.20. The molecule has 2 heterocycles. The quantitative estimate of drug-likeness (QED) is 0.861. The van der Waals surface area contributed by atoms with E-state index in [0.717, 1.165) is 26.1 Å². The summed E-state index contributed by atoms with van der Waals surface area (Å²) < 4.78 is 0. The molecule has 0 aromatic carbocycles. The Labute approximate surface area is 116 Å². The van der Waals surface area contributed by atoms with Gasteiger partial charge >= 0.3 is 0 Å².